The summed E-state index contributed by atoms with van der Waals surface area (Å²) in [6.07, 6.45) is 0. The van der Waals surface area contributed by atoms with Crippen molar-refractivity contribution in [1.29, 1.82) is 0 Å². The lowest BCUT2D eigenvalue weighted by atomic mass is 9.82. The van der Waals surface area contributed by atoms with Gasteiger partial charge in [-0.25, -0.2) is 9.97 Å². The molecule has 0 aliphatic heterocycles. The zero-order valence-corrected chi connectivity index (χ0v) is 51.1. The third-order valence-electron chi connectivity index (χ3n) is 21.1. The predicted molar refractivity (Wildman–Crippen MR) is 374 cm³/mol. The molecule has 3 aliphatic rings. The second kappa shape index (κ2) is 18.1. The zero-order chi connectivity index (χ0) is 60.1. The fraction of sp³-hybridized carbons (Fsp3) is 0.106. The normalized spacial score (nSPS) is 14.6. The van der Waals surface area contributed by atoms with Gasteiger partial charge >= 0.3 is 0 Å². The Labute approximate surface area is 522 Å². The van der Waals surface area contributed by atoms with Crippen LogP contribution in [0.5, 0.6) is 0 Å². The molecule has 19 rings (SSSR count). The number of fused-ring (bicyclic) bond motifs is 21. The average Bonchev–Trinajstić information content (AvgIpc) is 1.57. The smallest absolute Gasteiger partial charge is 0.160 e. The number of benzene rings is 12. The van der Waals surface area contributed by atoms with Crippen LogP contribution in [0.15, 0.2) is 261 Å². The van der Waals surface area contributed by atoms with Crippen LogP contribution in [-0.4, -0.2) is 23.7 Å². The number of nitrogens with zero attached hydrogens (tertiary/aromatic N) is 5. The van der Waals surface area contributed by atoms with E-state index in [-0.39, 0.29) is 16.2 Å². The lowest BCUT2D eigenvalue weighted by Gasteiger charge is -2.21. The van der Waals surface area contributed by atoms with Gasteiger partial charge in [0, 0.05) is 82.3 Å². The molecule has 0 saturated heterocycles. The largest absolute Gasteiger partial charge is 0.309 e. The van der Waals surface area contributed by atoms with Crippen LogP contribution in [0.25, 0.3) is 150 Å². The van der Waals surface area contributed by atoms with Crippen molar-refractivity contribution < 1.29 is 0 Å². The maximum Gasteiger partial charge on any atom is 0.160 e. The third-order valence-corrected chi connectivity index (χ3v) is 21.1. The highest BCUT2D eigenvalue weighted by Crippen LogP contribution is 2.57. The molecule has 5 nitrogen and oxygen atoms in total. The second-order valence-electron chi connectivity index (χ2n) is 26.8. The van der Waals surface area contributed by atoms with Crippen LogP contribution >= 0.6 is 0 Å². The van der Waals surface area contributed by atoms with Crippen molar-refractivity contribution in [2.75, 3.05) is 0 Å². The van der Waals surface area contributed by atoms with Crippen molar-refractivity contribution >= 4 is 65.4 Å². The molecule has 0 spiro atoms. The Hall–Kier alpha value is -10.9. The van der Waals surface area contributed by atoms with E-state index in [4.69, 9.17) is 9.97 Å². The van der Waals surface area contributed by atoms with Gasteiger partial charge in [-0.05, 0) is 146 Å². The molecule has 0 saturated carbocycles. The molecule has 4 aromatic heterocycles. The van der Waals surface area contributed by atoms with Gasteiger partial charge in [0.05, 0.1) is 44.5 Å². The van der Waals surface area contributed by atoms with E-state index in [1.807, 2.05) is 0 Å². The molecule has 90 heavy (non-hydrogen) atoms. The predicted octanol–water partition coefficient (Wildman–Crippen LogP) is 21.7. The van der Waals surface area contributed by atoms with Crippen molar-refractivity contribution in [2.45, 2.75) is 57.8 Å². The first-order valence-electron chi connectivity index (χ1n) is 31.6. The van der Waals surface area contributed by atoms with Gasteiger partial charge in [0.15, 0.2) is 5.82 Å². The summed E-state index contributed by atoms with van der Waals surface area (Å²) >= 11 is 0. The Morgan fingerprint density at radius 3 is 1.04 bits per heavy atom. The summed E-state index contributed by atoms with van der Waals surface area (Å²) < 4.78 is 7.34. The number of hydrogen-bond donors (Lipinski definition) is 0. The molecule has 12 aromatic carbocycles. The number of aromatic nitrogens is 5. The van der Waals surface area contributed by atoms with Gasteiger partial charge in [0.25, 0.3) is 0 Å². The van der Waals surface area contributed by atoms with Crippen LogP contribution < -0.4 is 0 Å². The van der Waals surface area contributed by atoms with Crippen molar-refractivity contribution in [2.24, 2.45) is 0 Å². The Morgan fingerprint density at radius 2 is 0.611 bits per heavy atom. The van der Waals surface area contributed by atoms with Crippen LogP contribution in [0.2, 0.25) is 0 Å². The van der Waals surface area contributed by atoms with Crippen LogP contribution in [-0.2, 0) is 16.2 Å². The SMILES string of the molecule is CC1(C)c2ccccc2-c2c1ccc1c2c2ccccc2n1-c1ccc(-c2cc(-c3cccc(-n4c5ccccc5c5c6c(ccc54)C(C)(C)c4ccccc4-6)c3)nc(-c3cccc(-n4c5ccccc5c5c6c(ccc54)C(C)(C)c4ccccc4-6)c3)n2)cc1. The molecule has 5 heteroatoms. The van der Waals surface area contributed by atoms with E-state index in [2.05, 4.69) is 316 Å². The number of rotatable bonds is 6. The molecule has 3 aliphatic carbocycles. The van der Waals surface area contributed by atoms with Crippen molar-refractivity contribution in [3.05, 3.63) is 294 Å². The van der Waals surface area contributed by atoms with Crippen LogP contribution in [0, 0.1) is 0 Å². The van der Waals surface area contributed by atoms with Gasteiger partial charge in [-0.1, -0.05) is 224 Å². The van der Waals surface area contributed by atoms with Crippen LogP contribution in [0.1, 0.15) is 74.9 Å². The summed E-state index contributed by atoms with van der Waals surface area (Å²) in [4.78, 5) is 11.2. The molecular formula is C85H61N5. The first-order chi connectivity index (χ1) is 43.9. The molecule has 0 amide bonds. The standard InChI is InChI=1S/C85H61N5/c1-83(2)62-31-13-7-25-56(62)76-65(83)41-44-73-79(76)59-28-10-16-34-70(59)88(73)53-39-37-50(38-40-53)68-49-69(51-21-19-23-54(47-51)89-71-35-17-11-29-60(71)80-74(89)45-42-66-77(80)57-26-8-14-32-63(57)84(66,3)4)87-82(86-68)52-22-20-24-55(48-52)90-72-36-18-12-30-61(72)81-75(90)46-43-67-78(81)58-27-9-15-33-64(58)85(67,5)6/h7-49H,1-6H3. The summed E-state index contributed by atoms with van der Waals surface area (Å²) in [5.41, 5.74) is 30.8. The Balaban J connectivity index is 0.791. The minimum Gasteiger partial charge on any atom is -0.309 e. The topological polar surface area (TPSA) is 40.6 Å². The quantitative estimate of drug-likeness (QED) is 0.166. The summed E-state index contributed by atoms with van der Waals surface area (Å²) in [6, 6.07) is 96.9. The van der Waals surface area contributed by atoms with E-state index in [9.17, 15) is 0 Å². The average molecular weight is 1150 g/mol. The fourth-order valence-electron chi connectivity index (χ4n) is 16.8. The van der Waals surface area contributed by atoms with E-state index in [0.717, 1.165) is 50.7 Å². The zero-order valence-electron chi connectivity index (χ0n) is 51.1. The first-order valence-corrected chi connectivity index (χ1v) is 31.6. The Bertz CT molecular complexity index is 5580. The minimum absolute atomic E-state index is 0.102. The Morgan fingerprint density at radius 1 is 0.256 bits per heavy atom. The molecule has 0 radical (unpaired) electrons. The summed E-state index contributed by atoms with van der Waals surface area (Å²) in [6.45, 7) is 14.2. The van der Waals surface area contributed by atoms with E-state index in [0.29, 0.717) is 5.82 Å². The third kappa shape index (κ3) is 6.81. The van der Waals surface area contributed by atoms with Gasteiger partial charge in [0.2, 0.25) is 0 Å². The molecule has 0 fully saturated rings. The van der Waals surface area contributed by atoms with Gasteiger partial charge < -0.3 is 13.7 Å². The van der Waals surface area contributed by atoms with Crippen LogP contribution in [0.3, 0.4) is 0 Å². The van der Waals surface area contributed by atoms with Crippen molar-refractivity contribution in [1.82, 2.24) is 23.7 Å². The molecule has 426 valence electrons. The van der Waals surface area contributed by atoms with Crippen LogP contribution in [0.4, 0.5) is 0 Å². The first kappa shape index (κ1) is 51.2. The summed E-state index contributed by atoms with van der Waals surface area (Å²) in [5.74, 6) is 0.657. The lowest BCUT2D eigenvalue weighted by Crippen LogP contribution is -2.14. The highest BCUT2D eigenvalue weighted by Gasteiger charge is 2.40. The number of para-hydroxylation sites is 3. The second-order valence-corrected chi connectivity index (χ2v) is 26.8. The van der Waals surface area contributed by atoms with E-state index in [1.54, 1.807) is 0 Å². The fourth-order valence-corrected chi connectivity index (χ4v) is 16.8. The highest BCUT2D eigenvalue weighted by molar-refractivity contribution is 6.20. The van der Waals surface area contributed by atoms with Crippen molar-refractivity contribution in [3.63, 3.8) is 0 Å². The molecule has 0 atom stereocenters. The molecule has 16 aromatic rings. The van der Waals surface area contributed by atoms with Gasteiger partial charge in [-0.15, -0.1) is 0 Å². The van der Waals surface area contributed by atoms with Gasteiger partial charge in [-0.2, -0.15) is 0 Å². The van der Waals surface area contributed by atoms with Crippen molar-refractivity contribution in [3.8, 4) is 84.3 Å². The van der Waals surface area contributed by atoms with Gasteiger partial charge in [-0.3, -0.25) is 0 Å². The molecular weight excluding hydrogens is 1090 g/mol. The maximum atomic E-state index is 5.62. The van der Waals surface area contributed by atoms with E-state index >= 15 is 0 Å². The summed E-state index contributed by atoms with van der Waals surface area (Å²) in [5, 5.41) is 7.63. The molecule has 0 unspecified atom stereocenters. The number of hydrogen-bond acceptors (Lipinski definition) is 2. The summed E-state index contributed by atoms with van der Waals surface area (Å²) in [7, 11) is 0. The molecule has 0 bridgehead atoms. The Kier molecular flexibility index (Phi) is 10.3. The minimum atomic E-state index is -0.118. The molecule has 4 heterocycles. The lowest BCUT2D eigenvalue weighted by molar-refractivity contribution is 0.660. The highest BCUT2D eigenvalue weighted by atomic mass is 15.0. The molecule has 0 N–H and O–H groups in total. The van der Waals surface area contributed by atoms with E-state index in [1.165, 1.54) is 127 Å². The van der Waals surface area contributed by atoms with E-state index < -0.39 is 0 Å². The van der Waals surface area contributed by atoms with Gasteiger partial charge in [0.1, 0.15) is 0 Å². The maximum absolute atomic E-state index is 5.62. The monoisotopic (exact) mass is 1150 g/mol.